The van der Waals surface area contributed by atoms with Crippen LogP contribution in [-0.4, -0.2) is 23.3 Å². The third-order valence-electron chi connectivity index (χ3n) is 4.88. The van der Waals surface area contributed by atoms with Gasteiger partial charge in [0.1, 0.15) is 5.71 Å². The van der Waals surface area contributed by atoms with Crippen molar-refractivity contribution in [3.63, 3.8) is 0 Å². The Morgan fingerprint density at radius 3 is 2.50 bits per heavy atom. The van der Waals surface area contributed by atoms with Crippen molar-refractivity contribution in [2.75, 3.05) is 4.90 Å². The molecule has 4 nitrogen and oxygen atoms in total. The summed E-state index contributed by atoms with van der Waals surface area (Å²) in [6, 6.07) is 15.8. The van der Waals surface area contributed by atoms with Crippen LogP contribution in [0.4, 0.5) is 18.9 Å². The minimum Gasteiger partial charge on any atom is -0.300 e. The number of hydrogen-bond acceptors (Lipinski definition) is 3. The number of para-hydroxylation sites is 1. The molecule has 2 heterocycles. The first kappa shape index (κ1) is 16.6. The summed E-state index contributed by atoms with van der Waals surface area (Å²) in [5.74, 6) is -0.404. The number of alkyl halides is 3. The molecule has 0 saturated carbocycles. The summed E-state index contributed by atoms with van der Waals surface area (Å²) in [5, 5.41) is 3.45. The van der Waals surface area contributed by atoms with Crippen LogP contribution in [0.1, 0.15) is 23.6 Å². The number of β-lactam (4-membered cyclic amide) rings is 1. The molecule has 1 fully saturated rings. The van der Waals surface area contributed by atoms with Crippen LogP contribution in [-0.2, 0) is 4.79 Å². The van der Waals surface area contributed by atoms with Crippen LogP contribution in [0.25, 0.3) is 0 Å². The number of hydrazone groups is 1. The zero-order chi connectivity index (χ0) is 18.5. The number of carbonyl (C=O) groups is 1. The van der Waals surface area contributed by atoms with Gasteiger partial charge < -0.3 is 0 Å². The Balaban J connectivity index is 1.77. The van der Waals surface area contributed by atoms with Crippen LogP contribution in [0.3, 0.4) is 0 Å². The highest BCUT2D eigenvalue weighted by Gasteiger charge is 2.66. The molecule has 4 rings (SSSR count). The van der Waals surface area contributed by atoms with Crippen molar-refractivity contribution in [1.29, 1.82) is 0 Å². The number of aryl methyl sites for hydroxylation is 1. The van der Waals surface area contributed by atoms with Crippen molar-refractivity contribution in [2.24, 2.45) is 5.10 Å². The smallest absolute Gasteiger partial charge is 0.300 e. The van der Waals surface area contributed by atoms with Crippen LogP contribution < -0.4 is 10.3 Å². The Morgan fingerprint density at radius 1 is 1.15 bits per heavy atom. The van der Waals surface area contributed by atoms with E-state index in [1.807, 2.05) is 37.3 Å². The minimum atomic E-state index is -4.55. The molecule has 1 N–H and O–H groups in total. The average Bonchev–Trinajstić information content (AvgIpc) is 3.08. The lowest BCUT2D eigenvalue weighted by Gasteiger charge is -2.54. The van der Waals surface area contributed by atoms with Crippen molar-refractivity contribution in [3.05, 3.63) is 65.7 Å². The monoisotopic (exact) mass is 359 g/mol. The van der Waals surface area contributed by atoms with Crippen molar-refractivity contribution in [2.45, 2.75) is 31.1 Å². The summed E-state index contributed by atoms with van der Waals surface area (Å²) in [7, 11) is 0. The van der Waals surface area contributed by atoms with Gasteiger partial charge in [0.2, 0.25) is 0 Å². The summed E-state index contributed by atoms with van der Waals surface area (Å²) in [6.45, 7) is 1.91. The molecule has 0 aromatic heterocycles. The number of anilines is 1. The molecule has 0 radical (unpaired) electrons. The van der Waals surface area contributed by atoms with Gasteiger partial charge >= 0.3 is 6.18 Å². The predicted octanol–water partition coefficient (Wildman–Crippen LogP) is 3.73. The molecule has 1 amide bonds. The van der Waals surface area contributed by atoms with Gasteiger partial charge in [0.05, 0.1) is 6.04 Å². The van der Waals surface area contributed by atoms with E-state index in [0.717, 1.165) is 11.1 Å². The van der Waals surface area contributed by atoms with E-state index in [9.17, 15) is 18.0 Å². The Morgan fingerprint density at radius 2 is 1.88 bits per heavy atom. The van der Waals surface area contributed by atoms with E-state index < -0.39 is 35.8 Å². The molecule has 7 heteroatoms. The molecular weight excluding hydrogens is 343 g/mol. The Hall–Kier alpha value is -2.83. The number of benzene rings is 2. The number of hydrogen-bond donors (Lipinski definition) is 1. The molecule has 0 bridgehead atoms. The van der Waals surface area contributed by atoms with Gasteiger partial charge in [0, 0.05) is 12.1 Å². The molecule has 2 atom stereocenters. The lowest BCUT2D eigenvalue weighted by molar-refractivity contribution is -0.134. The SMILES string of the molecule is Cc1cccc(C2N(c3ccccc3)C(=O)C23CC(C(F)(F)F)=NN3)c1. The fourth-order valence-electron chi connectivity index (χ4n) is 3.69. The van der Waals surface area contributed by atoms with Crippen LogP contribution in [0, 0.1) is 6.92 Å². The van der Waals surface area contributed by atoms with Crippen LogP contribution in [0.5, 0.6) is 0 Å². The second-order valence-corrected chi connectivity index (χ2v) is 6.64. The van der Waals surface area contributed by atoms with Crippen LogP contribution in [0.15, 0.2) is 59.7 Å². The van der Waals surface area contributed by atoms with E-state index in [0.29, 0.717) is 5.69 Å². The maximum Gasteiger partial charge on any atom is 0.431 e. The first-order valence-electron chi connectivity index (χ1n) is 8.19. The number of halogens is 3. The molecule has 1 saturated heterocycles. The average molecular weight is 359 g/mol. The van der Waals surface area contributed by atoms with Gasteiger partial charge in [0.15, 0.2) is 5.54 Å². The van der Waals surface area contributed by atoms with Crippen molar-refractivity contribution >= 4 is 17.3 Å². The Labute approximate surface area is 148 Å². The van der Waals surface area contributed by atoms with Gasteiger partial charge in [-0.3, -0.25) is 15.1 Å². The fraction of sp³-hybridized carbons (Fsp3) is 0.263. The molecule has 26 heavy (non-hydrogen) atoms. The van der Waals surface area contributed by atoms with Crippen LogP contribution in [0.2, 0.25) is 0 Å². The standard InChI is InChI=1S/C19H16F3N3O/c1-12-6-5-7-13(10-12)16-18(11-15(23-24-18)19(20,21)22)17(26)25(16)14-8-3-2-4-9-14/h2-10,16,24H,11H2,1H3. The quantitative estimate of drug-likeness (QED) is 0.831. The maximum absolute atomic E-state index is 13.1. The number of carbonyl (C=O) groups excluding carboxylic acids is 1. The predicted molar refractivity (Wildman–Crippen MR) is 91.8 cm³/mol. The maximum atomic E-state index is 13.1. The first-order valence-corrected chi connectivity index (χ1v) is 8.19. The summed E-state index contributed by atoms with van der Waals surface area (Å²) in [4.78, 5) is 14.5. The van der Waals surface area contributed by atoms with Gasteiger partial charge in [0.25, 0.3) is 5.91 Å². The fourth-order valence-corrected chi connectivity index (χ4v) is 3.69. The summed E-state index contributed by atoms with van der Waals surface area (Å²) in [5.41, 5.74) is 2.58. The van der Waals surface area contributed by atoms with E-state index in [2.05, 4.69) is 10.5 Å². The number of nitrogens with one attached hydrogen (secondary N) is 1. The highest BCUT2D eigenvalue weighted by Crippen LogP contribution is 2.50. The topological polar surface area (TPSA) is 44.7 Å². The first-order chi connectivity index (χ1) is 12.3. The van der Waals surface area contributed by atoms with Crippen LogP contribution >= 0.6 is 0 Å². The molecule has 2 unspecified atom stereocenters. The molecule has 0 aliphatic carbocycles. The zero-order valence-electron chi connectivity index (χ0n) is 13.9. The molecule has 134 valence electrons. The molecule has 2 aliphatic rings. The van der Waals surface area contributed by atoms with Gasteiger partial charge in [-0.2, -0.15) is 18.3 Å². The lowest BCUT2D eigenvalue weighted by Crippen LogP contribution is -2.73. The number of amides is 1. The molecule has 1 spiro atoms. The van der Waals surface area contributed by atoms with E-state index in [1.165, 1.54) is 4.90 Å². The number of rotatable bonds is 2. The largest absolute Gasteiger partial charge is 0.431 e. The van der Waals surface area contributed by atoms with Gasteiger partial charge in [-0.15, -0.1) is 0 Å². The van der Waals surface area contributed by atoms with Crippen molar-refractivity contribution in [1.82, 2.24) is 5.43 Å². The Bertz CT molecular complexity index is 894. The second kappa shape index (κ2) is 5.59. The normalized spacial score (nSPS) is 25.1. The summed E-state index contributed by atoms with van der Waals surface area (Å²) >= 11 is 0. The number of nitrogens with zero attached hydrogens (tertiary/aromatic N) is 2. The highest BCUT2D eigenvalue weighted by molar-refractivity contribution is 6.13. The van der Waals surface area contributed by atoms with Gasteiger partial charge in [-0.1, -0.05) is 48.0 Å². The Kier molecular flexibility index (Phi) is 3.57. The third kappa shape index (κ3) is 2.38. The molecular formula is C19H16F3N3O. The van der Waals surface area contributed by atoms with E-state index in [1.54, 1.807) is 24.3 Å². The highest BCUT2D eigenvalue weighted by atomic mass is 19.4. The third-order valence-corrected chi connectivity index (χ3v) is 4.88. The summed E-state index contributed by atoms with van der Waals surface area (Å²) < 4.78 is 39.3. The van der Waals surface area contributed by atoms with Gasteiger partial charge in [-0.25, -0.2) is 0 Å². The minimum absolute atomic E-state index is 0.404. The second-order valence-electron chi connectivity index (χ2n) is 6.64. The van der Waals surface area contributed by atoms with Gasteiger partial charge in [-0.05, 0) is 24.6 Å². The summed E-state index contributed by atoms with van der Waals surface area (Å²) in [6.07, 6.45) is -5.03. The van der Waals surface area contributed by atoms with Crippen molar-refractivity contribution in [3.8, 4) is 0 Å². The lowest BCUT2D eigenvalue weighted by atomic mass is 9.72. The molecule has 2 aliphatic heterocycles. The van der Waals surface area contributed by atoms with E-state index in [-0.39, 0.29) is 0 Å². The molecule has 2 aromatic carbocycles. The van der Waals surface area contributed by atoms with Crippen molar-refractivity contribution < 1.29 is 18.0 Å². The van der Waals surface area contributed by atoms with E-state index in [4.69, 9.17) is 0 Å². The zero-order valence-corrected chi connectivity index (χ0v) is 13.9. The van der Waals surface area contributed by atoms with E-state index >= 15 is 0 Å². The molecule has 2 aromatic rings.